The first kappa shape index (κ1) is 22.5. The maximum absolute atomic E-state index is 9.53. The lowest BCUT2D eigenvalue weighted by Gasteiger charge is -2.32. The smallest absolute Gasteiger partial charge is 0.115 e. The van der Waals surface area contributed by atoms with Crippen molar-refractivity contribution in [3.63, 3.8) is 0 Å². The molecule has 35 heavy (non-hydrogen) atoms. The van der Waals surface area contributed by atoms with Crippen LogP contribution in [0.2, 0.25) is 0 Å². The Morgan fingerprint density at radius 3 is 2.60 bits per heavy atom. The molecule has 0 bridgehead atoms. The number of nitrogens with zero attached hydrogens (tertiary/aromatic N) is 2. The van der Waals surface area contributed by atoms with Crippen LogP contribution in [0.5, 0.6) is 0 Å². The maximum atomic E-state index is 9.53. The number of rotatable bonds is 7. The van der Waals surface area contributed by atoms with E-state index >= 15 is 0 Å². The van der Waals surface area contributed by atoms with Gasteiger partial charge in [0.05, 0.1) is 0 Å². The Kier molecular flexibility index (Phi) is 5.98. The highest BCUT2D eigenvalue weighted by atomic mass is 16.3. The molecule has 3 heteroatoms. The molecule has 2 atom stereocenters. The van der Waals surface area contributed by atoms with Crippen LogP contribution in [0, 0.1) is 11.8 Å². The molecule has 2 heterocycles. The Morgan fingerprint density at radius 1 is 1.03 bits per heavy atom. The number of fused-ring (bicyclic) bond motifs is 2. The number of aliphatic hydroxyl groups excluding tert-OH is 1. The summed E-state index contributed by atoms with van der Waals surface area (Å²) in [6.07, 6.45) is 13.3. The fourth-order valence-corrected chi connectivity index (χ4v) is 6.79. The number of aryl methyl sites for hydroxylation is 1. The van der Waals surface area contributed by atoms with Gasteiger partial charge in [-0.2, -0.15) is 0 Å². The molecule has 1 aliphatic heterocycles. The van der Waals surface area contributed by atoms with Crippen molar-refractivity contribution in [2.45, 2.75) is 56.9 Å². The average Bonchev–Trinajstić information content (AvgIpc) is 3.49. The van der Waals surface area contributed by atoms with Gasteiger partial charge in [0.25, 0.3) is 0 Å². The molecule has 2 aliphatic carbocycles. The Bertz CT molecular complexity index is 1190. The fourth-order valence-electron chi connectivity index (χ4n) is 6.79. The zero-order valence-electron chi connectivity index (χ0n) is 20.6. The first-order chi connectivity index (χ1) is 17.1. The highest BCUT2D eigenvalue weighted by Gasteiger charge is 2.57. The Labute approximate surface area is 209 Å². The summed E-state index contributed by atoms with van der Waals surface area (Å²) in [5.41, 5.74) is 8.39. The summed E-state index contributed by atoms with van der Waals surface area (Å²) >= 11 is 0. The second kappa shape index (κ2) is 9.28. The van der Waals surface area contributed by atoms with Crippen LogP contribution in [0.25, 0.3) is 16.9 Å². The summed E-state index contributed by atoms with van der Waals surface area (Å²) in [6.45, 7) is 7.01. The van der Waals surface area contributed by atoms with E-state index in [1.54, 1.807) is 11.1 Å². The van der Waals surface area contributed by atoms with Crippen molar-refractivity contribution in [3.05, 3.63) is 95.8 Å². The normalized spacial score (nSPS) is 23.9. The summed E-state index contributed by atoms with van der Waals surface area (Å²) in [4.78, 5) is 6.91. The van der Waals surface area contributed by atoms with Crippen LogP contribution in [-0.4, -0.2) is 28.1 Å². The highest BCUT2D eigenvalue weighted by molar-refractivity contribution is 5.66. The quantitative estimate of drug-likeness (QED) is 0.376. The summed E-state index contributed by atoms with van der Waals surface area (Å²) < 4.78 is 0. The Hall–Kier alpha value is -2.91. The highest BCUT2D eigenvalue weighted by Crippen LogP contribution is 2.63. The van der Waals surface area contributed by atoms with E-state index in [4.69, 9.17) is 0 Å². The minimum atomic E-state index is 0.143. The van der Waals surface area contributed by atoms with Gasteiger partial charge in [-0.1, -0.05) is 61.5 Å². The number of piperidine rings is 1. The van der Waals surface area contributed by atoms with Crippen molar-refractivity contribution in [3.8, 4) is 11.1 Å². The molecule has 1 saturated heterocycles. The van der Waals surface area contributed by atoms with Crippen LogP contribution < -0.4 is 0 Å². The summed E-state index contributed by atoms with van der Waals surface area (Å²) in [5, 5.41) is 9.53. The first-order valence-corrected chi connectivity index (χ1v) is 13.3. The third-order valence-corrected chi connectivity index (χ3v) is 9.04. The summed E-state index contributed by atoms with van der Waals surface area (Å²) in [6, 6.07) is 19.5. The minimum absolute atomic E-state index is 0.143. The van der Waals surface area contributed by atoms with Crippen LogP contribution in [0.15, 0.2) is 73.6 Å². The van der Waals surface area contributed by atoms with Gasteiger partial charge in [0, 0.05) is 24.5 Å². The SMILES string of the molecule is C=C(O)c1ccc(CN2CCC(CCC3CC34CCc3ccc(-c5cccnc5)cc34)CC2)cc1. The number of aromatic nitrogens is 1. The topological polar surface area (TPSA) is 36.4 Å². The second-order valence-corrected chi connectivity index (χ2v) is 11.1. The van der Waals surface area contributed by atoms with Crippen LogP contribution in [0.3, 0.4) is 0 Å². The predicted octanol–water partition coefficient (Wildman–Crippen LogP) is 7.17. The van der Waals surface area contributed by atoms with Gasteiger partial charge in [-0.05, 0) is 103 Å². The maximum Gasteiger partial charge on any atom is 0.115 e. The van der Waals surface area contributed by atoms with Gasteiger partial charge in [0.15, 0.2) is 0 Å². The number of hydrogen-bond donors (Lipinski definition) is 1. The second-order valence-electron chi connectivity index (χ2n) is 11.1. The molecule has 2 fully saturated rings. The number of likely N-dealkylation sites (tertiary alicyclic amines) is 1. The zero-order chi connectivity index (χ0) is 23.8. The standard InChI is InChI=1S/C32H36N2O/c1-23(35)26-7-4-25(5-8-26)22-34-17-13-24(14-18-34)6-11-30-20-32(30)15-12-27-9-10-28(19-31(27)32)29-3-2-16-33-21-29/h2-5,7-10,16,19,21,24,30,35H,1,6,11-15,17-18,20,22H2. The molecule has 3 nitrogen and oxygen atoms in total. The third-order valence-electron chi connectivity index (χ3n) is 9.04. The zero-order valence-corrected chi connectivity index (χ0v) is 20.6. The molecular formula is C32H36N2O. The third kappa shape index (κ3) is 4.54. The van der Waals surface area contributed by atoms with Crippen molar-refractivity contribution >= 4 is 5.76 Å². The number of aliphatic hydroxyl groups is 1. The van der Waals surface area contributed by atoms with E-state index in [9.17, 15) is 5.11 Å². The molecule has 1 aromatic heterocycles. The van der Waals surface area contributed by atoms with Crippen LogP contribution in [-0.2, 0) is 18.4 Å². The van der Waals surface area contributed by atoms with Crippen LogP contribution >= 0.6 is 0 Å². The van der Waals surface area contributed by atoms with Crippen molar-refractivity contribution in [1.29, 1.82) is 0 Å². The number of pyridine rings is 1. The van der Waals surface area contributed by atoms with Gasteiger partial charge in [0.1, 0.15) is 5.76 Å². The molecule has 6 rings (SSSR count). The first-order valence-electron chi connectivity index (χ1n) is 13.3. The molecule has 0 radical (unpaired) electrons. The summed E-state index contributed by atoms with van der Waals surface area (Å²) in [5.74, 6) is 1.90. The lowest BCUT2D eigenvalue weighted by molar-refractivity contribution is 0.169. The van der Waals surface area contributed by atoms with E-state index < -0.39 is 0 Å². The number of hydrogen-bond acceptors (Lipinski definition) is 3. The van der Waals surface area contributed by atoms with Crippen molar-refractivity contribution in [2.24, 2.45) is 11.8 Å². The Morgan fingerprint density at radius 2 is 1.86 bits per heavy atom. The molecule has 3 aromatic rings. The summed E-state index contributed by atoms with van der Waals surface area (Å²) in [7, 11) is 0. The van der Waals surface area contributed by atoms with E-state index in [0.717, 1.165) is 23.9 Å². The Balaban J connectivity index is 1.01. The van der Waals surface area contributed by atoms with Gasteiger partial charge >= 0.3 is 0 Å². The number of benzene rings is 2. The molecule has 180 valence electrons. The van der Waals surface area contributed by atoms with Gasteiger partial charge in [-0.25, -0.2) is 0 Å². The molecule has 1 N–H and O–H groups in total. The van der Waals surface area contributed by atoms with Gasteiger partial charge in [-0.3, -0.25) is 9.88 Å². The van der Waals surface area contributed by atoms with Crippen LogP contribution in [0.4, 0.5) is 0 Å². The van der Waals surface area contributed by atoms with Gasteiger partial charge < -0.3 is 5.11 Å². The minimum Gasteiger partial charge on any atom is -0.508 e. The van der Waals surface area contributed by atoms with Crippen molar-refractivity contribution < 1.29 is 5.11 Å². The van der Waals surface area contributed by atoms with Gasteiger partial charge in [0.2, 0.25) is 0 Å². The monoisotopic (exact) mass is 464 g/mol. The van der Waals surface area contributed by atoms with Gasteiger partial charge in [-0.15, -0.1) is 0 Å². The predicted molar refractivity (Wildman–Crippen MR) is 143 cm³/mol. The lowest BCUT2D eigenvalue weighted by Crippen LogP contribution is -2.33. The largest absolute Gasteiger partial charge is 0.508 e. The van der Waals surface area contributed by atoms with E-state index in [0.29, 0.717) is 5.41 Å². The fraction of sp³-hybridized carbons (Fsp3) is 0.406. The lowest BCUT2D eigenvalue weighted by atomic mass is 9.87. The van der Waals surface area contributed by atoms with Crippen LogP contribution in [0.1, 0.15) is 60.8 Å². The molecule has 2 aromatic carbocycles. The van der Waals surface area contributed by atoms with Crippen molar-refractivity contribution in [1.82, 2.24) is 9.88 Å². The molecule has 0 amide bonds. The van der Waals surface area contributed by atoms with E-state index in [1.165, 1.54) is 74.7 Å². The molecule has 2 unspecified atom stereocenters. The molecule has 1 saturated carbocycles. The van der Waals surface area contributed by atoms with E-state index in [1.807, 2.05) is 30.6 Å². The van der Waals surface area contributed by atoms with E-state index in [2.05, 4.69) is 52.9 Å². The average molecular weight is 465 g/mol. The van der Waals surface area contributed by atoms with Crippen molar-refractivity contribution in [2.75, 3.05) is 13.1 Å². The van der Waals surface area contributed by atoms with E-state index in [-0.39, 0.29) is 5.76 Å². The molecular weight excluding hydrogens is 428 g/mol. The molecule has 3 aliphatic rings. The molecule has 1 spiro atoms.